The summed E-state index contributed by atoms with van der Waals surface area (Å²) in [7, 11) is 0. The van der Waals surface area contributed by atoms with Crippen molar-refractivity contribution in [3.05, 3.63) is 48.1 Å². The normalized spacial score (nSPS) is 43.4. The molecule has 0 aliphatic heterocycles. The van der Waals surface area contributed by atoms with Crippen molar-refractivity contribution < 1.29 is 29.6 Å². The van der Waals surface area contributed by atoms with Crippen molar-refractivity contribution in [1.29, 1.82) is 0 Å². The van der Waals surface area contributed by atoms with E-state index < -0.39 is 11.4 Å². The molecule has 5 saturated carbocycles. The summed E-state index contributed by atoms with van der Waals surface area (Å²) in [5.41, 5.74) is 0.562. The summed E-state index contributed by atoms with van der Waals surface area (Å²) in [6, 6.07) is 6.70. The molecule has 6 rings (SSSR count). The number of hydrogen-bond donors (Lipinski definition) is 3. The predicted molar refractivity (Wildman–Crippen MR) is 175 cm³/mol. The monoisotopic (exact) mass is 618 g/mol. The number of carbonyl (C=O) groups excluding carboxylic acids is 1. The first-order valence-electron chi connectivity index (χ1n) is 17.3. The predicted octanol–water partition coefficient (Wildman–Crippen LogP) is 8.03. The van der Waals surface area contributed by atoms with Crippen LogP contribution in [0.25, 0.3) is 6.08 Å². The van der Waals surface area contributed by atoms with E-state index in [0.717, 1.165) is 62.5 Å². The summed E-state index contributed by atoms with van der Waals surface area (Å²) in [6.45, 7) is 16.2. The second-order valence-corrected chi connectivity index (χ2v) is 16.8. The first-order chi connectivity index (χ1) is 21.1. The van der Waals surface area contributed by atoms with Crippen LogP contribution >= 0.6 is 0 Å². The van der Waals surface area contributed by atoms with E-state index in [0.29, 0.717) is 31.3 Å². The minimum Gasteiger partial charge on any atom is -0.508 e. The van der Waals surface area contributed by atoms with E-state index in [4.69, 9.17) is 4.74 Å². The molecule has 0 heterocycles. The Morgan fingerprint density at radius 2 is 1.64 bits per heavy atom. The molecule has 1 aromatic carbocycles. The van der Waals surface area contributed by atoms with Gasteiger partial charge in [0, 0.05) is 11.5 Å². The van der Waals surface area contributed by atoms with Crippen LogP contribution in [0.3, 0.4) is 0 Å². The number of aliphatic hydroxyl groups is 1. The lowest BCUT2D eigenvalue weighted by atomic mass is 9.32. The lowest BCUT2D eigenvalue weighted by Crippen LogP contribution is -2.69. The first-order valence-corrected chi connectivity index (χ1v) is 17.3. The Bertz CT molecular complexity index is 1380. The molecule has 0 radical (unpaired) electrons. The van der Waals surface area contributed by atoms with Crippen LogP contribution in [0.2, 0.25) is 0 Å². The summed E-state index contributed by atoms with van der Waals surface area (Å²) in [5.74, 6) is 0.212. The molecule has 5 fully saturated rings. The second kappa shape index (κ2) is 11.0. The smallest absolute Gasteiger partial charge is 0.330 e. The van der Waals surface area contributed by atoms with Crippen LogP contribution in [-0.2, 0) is 14.3 Å². The van der Waals surface area contributed by atoms with Crippen LogP contribution in [0.15, 0.2) is 42.5 Å². The Morgan fingerprint density at radius 1 is 0.933 bits per heavy atom. The number of esters is 1. The second-order valence-electron chi connectivity index (χ2n) is 16.8. The number of rotatable bonds is 6. The van der Waals surface area contributed by atoms with Gasteiger partial charge in [0.25, 0.3) is 0 Å². The van der Waals surface area contributed by atoms with E-state index >= 15 is 0 Å². The highest BCUT2D eigenvalue weighted by molar-refractivity contribution is 5.87. The average Bonchev–Trinajstić information content (AvgIpc) is 3.40. The molecule has 10 atom stereocenters. The number of carboxylic acids is 1. The van der Waals surface area contributed by atoms with Crippen LogP contribution in [-0.4, -0.2) is 40.0 Å². The molecule has 5 aliphatic carbocycles. The molecule has 45 heavy (non-hydrogen) atoms. The summed E-state index contributed by atoms with van der Waals surface area (Å²) in [4.78, 5) is 26.5. The maximum Gasteiger partial charge on any atom is 0.330 e. The third-order valence-corrected chi connectivity index (χ3v) is 14.9. The molecule has 3 N–H and O–H groups in total. The number of benzene rings is 1. The van der Waals surface area contributed by atoms with Crippen LogP contribution in [0.4, 0.5) is 0 Å². The van der Waals surface area contributed by atoms with E-state index in [1.807, 2.05) is 0 Å². The van der Waals surface area contributed by atoms with E-state index in [2.05, 4.69) is 41.2 Å². The molecule has 0 spiro atoms. The van der Waals surface area contributed by atoms with Gasteiger partial charge in [0.05, 0.1) is 18.1 Å². The van der Waals surface area contributed by atoms with Crippen molar-refractivity contribution in [3.8, 4) is 5.75 Å². The minimum absolute atomic E-state index is 0.0135. The van der Waals surface area contributed by atoms with Gasteiger partial charge in [-0.3, -0.25) is 4.79 Å². The largest absolute Gasteiger partial charge is 0.508 e. The Balaban J connectivity index is 1.40. The van der Waals surface area contributed by atoms with Crippen LogP contribution in [0.5, 0.6) is 5.75 Å². The number of phenolic OH excluding ortho intramolecular Hbond substituents is 1. The number of hydrogen-bond acceptors (Lipinski definition) is 5. The number of aromatic hydroxyl groups is 1. The topological polar surface area (TPSA) is 104 Å². The number of fused-ring (bicyclic) bond motifs is 7. The summed E-state index contributed by atoms with van der Waals surface area (Å²) < 4.78 is 6.28. The number of ether oxygens (including phenoxy) is 1. The molecule has 0 bridgehead atoms. The molecule has 6 heteroatoms. The fourth-order valence-electron chi connectivity index (χ4n) is 12.6. The van der Waals surface area contributed by atoms with Gasteiger partial charge in [-0.25, -0.2) is 4.79 Å². The molecular weight excluding hydrogens is 564 g/mol. The van der Waals surface area contributed by atoms with Gasteiger partial charge >= 0.3 is 11.9 Å². The zero-order chi connectivity index (χ0) is 32.6. The first kappa shape index (κ1) is 32.3. The van der Waals surface area contributed by atoms with Crippen molar-refractivity contribution in [2.75, 3.05) is 6.61 Å². The van der Waals surface area contributed by atoms with Crippen molar-refractivity contribution >= 4 is 18.0 Å². The summed E-state index contributed by atoms with van der Waals surface area (Å²) in [5, 5.41) is 31.5. The quantitative estimate of drug-likeness (QED) is 0.169. The zero-order valence-corrected chi connectivity index (χ0v) is 28.0. The third kappa shape index (κ3) is 4.66. The molecular formula is C39H54O6. The van der Waals surface area contributed by atoms with E-state index in [-0.39, 0.29) is 57.2 Å². The molecule has 5 aliphatic rings. The summed E-state index contributed by atoms with van der Waals surface area (Å²) in [6.07, 6.45) is 11.6. The van der Waals surface area contributed by atoms with Crippen LogP contribution in [0.1, 0.15) is 104 Å². The molecule has 0 aromatic heterocycles. The Morgan fingerprint density at radius 3 is 2.31 bits per heavy atom. The minimum atomic E-state index is -0.748. The molecule has 0 amide bonds. The Labute approximate surface area is 269 Å². The highest BCUT2D eigenvalue weighted by Crippen LogP contribution is 2.77. The highest BCUT2D eigenvalue weighted by atomic mass is 16.5. The Hall–Kier alpha value is -2.60. The lowest BCUT2D eigenvalue weighted by molar-refractivity contribution is -0.263. The van der Waals surface area contributed by atoms with Gasteiger partial charge < -0.3 is 20.1 Å². The van der Waals surface area contributed by atoms with Crippen LogP contribution in [0, 0.1) is 56.7 Å². The number of phenols is 1. The van der Waals surface area contributed by atoms with Crippen molar-refractivity contribution in [2.24, 2.45) is 56.7 Å². The molecule has 246 valence electrons. The van der Waals surface area contributed by atoms with Crippen LogP contribution < -0.4 is 0 Å². The molecule has 0 unspecified atom stereocenters. The molecule has 6 nitrogen and oxygen atoms in total. The molecule has 0 saturated heterocycles. The van der Waals surface area contributed by atoms with Crippen molar-refractivity contribution in [2.45, 2.75) is 105 Å². The van der Waals surface area contributed by atoms with Gasteiger partial charge in [-0.15, -0.1) is 0 Å². The zero-order valence-electron chi connectivity index (χ0n) is 28.0. The van der Waals surface area contributed by atoms with E-state index in [1.54, 1.807) is 30.3 Å². The maximum atomic E-state index is 13.4. The fourth-order valence-corrected chi connectivity index (χ4v) is 12.6. The summed E-state index contributed by atoms with van der Waals surface area (Å²) >= 11 is 0. The lowest BCUT2D eigenvalue weighted by Gasteiger charge is -2.73. The molecule has 1 aromatic rings. The standard InChI is InChI=1S/C39H54O6/c1-24(2)27-15-20-38(34(43)44)21-22-39(23-45-32(42)14-9-25-7-10-26(40)11-8-25)28(33(27)38)12-13-30-36(5)18-17-31(41)35(3,4)29(36)16-19-37(30,39)6/h7-11,14,27-31,33,40-41H,1,12-13,15-23H2,2-6H3,(H,43,44)/b14-9-/t27-,28+,29-,30+,31-,33+,36-,37+,38-,39-/m0/s1. The van der Waals surface area contributed by atoms with Crippen molar-refractivity contribution in [1.82, 2.24) is 0 Å². The van der Waals surface area contributed by atoms with Gasteiger partial charge in [-0.2, -0.15) is 0 Å². The fraction of sp³-hybridized carbons (Fsp3) is 0.692. The van der Waals surface area contributed by atoms with Gasteiger partial charge in [0.1, 0.15) is 5.75 Å². The Kier molecular flexibility index (Phi) is 7.90. The highest BCUT2D eigenvalue weighted by Gasteiger charge is 2.73. The SMILES string of the molecule is C=C(C)[C@@H]1CC[C@]2(C(=O)O)CC[C@]3(COC(=O)/C=C\c4ccc(O)cc4)[C@H](CC[C@@H]4[C@@]5(C)CC[C@H](O)C(C)(C)[C@@H]5CC[C@]43C)[C@@H]12. The number of carbonyl (C=O) groups is 2. The van der Waals surface area contributed by atoms with E-state index in [1.165, 1.54) is 6.08 Å². The van der Waals surface area contributed by atoms with E-state index in [9.17, 15) is 24.9 Å². The van der Waals surface area contributed by atoms with Gasteiger partial charge in [-0.1, -0.05) is 52.0 Å². The van der Waals surface area contributed by atoms with Gasteiger partial charge in [0.2, 0.25) is 0 Å². The number of carboxylic acid groups (broad SMARTS) is 1. The average molecular weight is 619 g/mol. The number of aliphatic carboxylic acids is 1. The van der Waals surface area contributed by atoms with Crippen molar-refractivity contribution in [3.63, 3.8) is 0 Å². The number of aliphatic hydroxyl groups excluding tert-OH is 1. The third-order valence-electron chi connectivity index (χ3n) is 14.9. The maximum absolute atomic E-state index is 13.4. The van der Waals surface area contributed by atoms with Gasteiger partial charge in [0.15, 0.2) is 0 Å². The van der Waals surface area contributed by atoms with Gasteiger partial charge in [-0.05, 0) is 141 Å². The number of allylic oxidation sites excluding steroid dienone is 1.